The quantitative estimate of drug-likeness (QED) is 0.426. The molecule has 0 aliphatic rings. The minimum absolute atomic E-state index is 0.0305. The summed E-state index contributed by atoms with van der Waals surface area (Å²) in [5.74, 6) is -1.73. The van der Waals surface area contributed by atoms with E-state index >= 15 is 0 Å². The topological polar surface area (TPSA) is 46.1 Å². The van der Waals surface area contributed by atoms with Crippen molar-refractivity contribution in [2.45, 2.75) is 13.0 Å². The zero-order chi connectivity index (χ0) is 20.4. The lowest BCUT2D eigenvalue weighted by molar-refractivity contribution is -0.118. The predicted molar refractivity (Wildman–Crippen MR) is 110 cm³/mol. The molecule has 29 heavy (non-hydrogen) atoms. The number of thiazole rings is 1. The number of carbonyl (C=O) groups is 1. The normalized spacial score (nSPS) is 11.0. The number of carbonyl (C=O) groups excluding carboxylic acids is 1. The standard InChI is InChI=1S/C21H14ClF2N3OS/c22-16-7-2-1-5-13(16)9-19(28)27(12-15-6-3-4-8-25-15)21-26-20-17(24)10-14(23)11-18(20)29-21/h1-8,10-11H,9,12H2. The van der Waals surface area contributed by atoms with E-state index in [-0.39, 0.29) is 29.5 Å². The Labute approximate surface area is 174 Å². The summed E-state index contributed by atoms with van der Waals surface area (Å²) < 4.78 is 28.0. The van der Waals surface area contributed by atoms with Gasteiger partial charge >= 0.3 is 0 Å². The molecule has 0 spiro atoms. The highest BCUT2D eigenvalue weighted by Gasteiger charge is 2.23. The van der Waals surface area contributed by atoms with Crippen LogP contribution in [0.3, 0.4) is 0 Å². The molecule has 0 fully saturated rings. The van der Waals surface area contributed by atoms with Crippen molar-refractivity contribution in [2.75, 3.05) is 4.90 Å². The Morgan fingerprint density at radius 2 is 1.90 bits per heavy atom. The number of nitrogens with zero attached hydrogens (tertiary/aromatic N) is 3. The second-order valence-electron chi connectivity index (χ2n) is 6.30. The average Bonchev–Trinajstić information content (AvgIpc) is 3.12. The minimum atomic E-state index is -0.765. The van der Waals surface area contributed by atoms with Crippen molar-refractivity contribution < 1.29 is 13.6 Å². The number of aromatic nitrogens is 2. The van der Waals surface area contributed by atoms with Crippen molar-refractivity contribution in [3.63, 3.8) is 0 Å². The van der Waals surface area contributed by atoms with E-state index in [1.54, 1.807) is 42.6 Å². The maximum Gasteiger partial charge on any atom is 0.233 e. The zero-order valence-corrected chi connectivity index (χ0v) is 16.6. The van der Waals surface area contributed by atoms with E-state index in [1.165, 1.54) is 11.0 Å². The van der Waals surface area contributed by atoms with Crippen LogP contribution >= 0.6 is 22.9 Å². The molecule has 0 aliphatic heterocycles. The molecule has 0 atom stereocenters. The summed E-state index contributed by atoms with van der Waals surface area (Å²) in [5, 5.41) is 0.753. The molecule has 2 aromatic carbocycles. The third-order valence-electron chi connectivity index (χ3n) is 4.28. The van der Waals surface area contributed by atoms with Gasteiger partial charge in [-0.3, -0.25) is 14.7 Å². The van der Waals surface area contributed by atoms with Gasteiger partial charge in [-0.1, -0.05) is 47.2 Å². The van der Waals surface area contributed by atoms with Crippen molar-refractivity contribution in [1.82, 2.24) is 9.97 Å². The molecular weight excluding hydrogens is 416 g/mol. The molecule has 2 aromatic heterocycles. The highest BCUT2D eigenvalue weighted by molar-refractivity contribution is 7.22. The number of hydrogen-bond donors (Lipinski definition) is 0. The van der Waals surface area contributed by atoms with Gasteiger partial charge in [0.1, 0.15) is 11.3 Å². The predicted octanol–water partition coefficient (Wildman–Crippen LogP) is 5.40. The Morgan fingerprint density at radius 1 is 1.10 bits per heavy atom. The van der Waals surface area contributed by atoms with Gasteiger partial charge in [-0.2, -0.15) is 0 Å². The van der Waals surface area contributed by atoms with Crippen molar-refractivity contribution in [2.24, 2.45) is 0 Å². The van der Waals surface area contributed by atoms with Crippen molar-refractivity contribution in [3.05, 3.63) is 88.7 Å². The van der Waals surface area contributed by atoms with E-state index in [0.29, 0.717) is 21.0 Å². The fourth-order valence-corrected chi connectivity index (χ4v) is 4.10. The summed E-state index contributed by atoms with van der Waals surface area (Å²) in [5.41, 5.74) is 1.34. The molecule has 146 valence electrons. The Hall–Kier alpha value is -2.90. The van der Waals surface area contributed by atoms with Gasteiger partial charge in [-0.05, 0) is 29.8 Å². The molecule has 0 radical (unpaired) electrons. The van der Waals surface area contributed by atoms with Gasteiger partial charge in [-0.15, -0.1) is 0 Å². The molecule has 2 heterocycles. The summed E-state index contributed by atoms with van der Waals surface area (Å²) >= 11 is 7.24. The Kier molecular flexibility index (Phi) is 5.51. The molecule has 0 aliphatic carbocycles. The van der Waals surface area contributed by atoms with Gasteiger partial charge in [0.2, 0.25) is 5.91 Å². The highest BCUT2D eigenvalue weighted by atomic mass is 35.5. The lowest BCUT2D eigenvalue weighted by Crippen LogP contribution is -2.32. The number of benzene rings is 2. The molecule has 1 amide bonds. The van der Waals surface area contributed by atoms with Crippen LogP contribution in [0.2, 0.25) is 5.02 Å². The number of fused-ring (bicyclic) bond motifs is 1. The van der Waals surface area contributed by atoms with E-state index < -0.39 is 11.6 Å². The van der Waals surface area contributed by atoms with Crippen LogP contribution in [0, 0.1) is 11.6 Å². The number of hydrogen-bond acceptors (Lipinski definition) is 4. The lowest BCUT2D eigenvalue weighted by Gasteiger charge is -2.20. The fourth-order valence-electron chi connectivity index (χ4n) is 2.88. The van der Waals surface area contributed by atoms with Gasteiger partial charge in [0, 0.05) is 17.3 Å². The molecule has 0 N–H and O–H groups in total. The molecule has 4 rings (SSSR count). The first kappa shape index (κ1) is 19.4. The Balaban J connectivity index is 1.73. The molecule has 0 saturated heterocycles. The van der Waals surface area contributed by atoms with Crippen molar-refractivity contribution >= 4 is 44.2 Å². The van der Waals surface area contributed by atoms with E-state index in [0.717, 1.165) is 17.4 Å². The zero-order valence-electron chi connectivity index (χ0n) is 15.0. The third kappa shape index (κ3) is 4.26. The highest BCUT2D eigenvalue weighted by Crippen LogP contribution is 2.32. The number of anilines is 1. The smallest absolute Gasteiger partial charge is 0.233 e. The van der Waals surface area contributed by atoms with Crippen LogP contribution in [-0.2, 0) is 17.8 Å². The van der Waals surface area contributed by atoms with Crippen LogP contribution in [0.5, 0.6) is 0 Å². The number of amides is 1. The molecular formula is C21H14ClF2N3OS. The van der Waals surface area contributed by atoms with Gasteiger partial charge < -0.3 is 0 Å². The molecule has 0 saturated carbocycles. The second-order valence-corrected chi connectivity index (χ2v) is 7.72. The van der Waals surface area contributed by atoms with E-state index in [9.17, 15) is 13.6 Å². The van der Waals surface area contributed by atoms with Gasteiger partial charge in [-0.25, -0.2) is 13.8 Å². The van der Waals surface area contributed by atoms with Crippen LogP contribution < -0.4 is 4.90 Å². The maximum absolute atomic E-state index is 14.1. The molecule has 0 bridgehead atoms. The first-order chi connectivity index (χ1) is 14.0. The molecule has 8 heteroatoms. The first-order valence-electron chi connectivity index (χ1n) is 8.70. The van der Waals surface area contributed by atoms with Crippen LogP contribution in [-0.4, -0.2) is 15.9 Å². The van der Waals surface area contributed by atoms with Crippen LogP contribution in [0.25, 0.3) is 10.2 Å². The number of pyridine rings is 1. The Morgan fingerprint density at radius 3 is 2.66 bits per heavy atom. The fraction of sp³-hybridized carbons (Fsp3) is 0.0952. The van der Waals surface area contributed by atoms with Gasteiger partial charge in [0.15, 0.2) is 10.9 Å². The van der Waals surface area contributed by atoms with Crippen LogP contribution in [0.1, 0.15) is 11.3 Å². The summed E-state index contributed by atoms with van der Waals surface area (Å²) in [6, 6.07) is 14.4. The van der Waals surface area contributed by atoms with E-state index in [4.69, 9.17) is 11.6 Å². The third-order valence-corrected chi connectivity index (χ3v) is 5.67. The summed E-state index contributed by atoms with van der Waals surface area (Å²) in [6.45, 7) is 0.147. The Bertz CT molecular complexity index is 1180. The maximum atomic E-state index is 14.1. The monoisotopic (exact) mass is 429 g/mol. The van der Waals surface area contributed by atoms with Gasteiger partial charge in [0.25, 0.3) is 0 Å². The van der Waals surface area contributed by atoms with Crippen LogP contribution in [0.15, 0.2) is 60.8 Å². The second kappa shape index (κ2) is 8.23. The number of rotatable bonds is 5. The first-order valence-corrected chi connectivity index (χ1v) is 9.90. The van der Waals surface area contributed by atoms with Crippen molar-refractivity contribution in [3.8, 4) is 0 Å². The minimum Gasteiger partial charge on any atom is -0.282 e. The molecule has 4 nitrogen and oxygen atoms in total. The average molecular weight is 430 g/mol. The summed E-state index contributed by atoms with van der Waals surface area (Å²) in [6.07, 6.45) is 1.67. The lowest BCUT2D eigenvalue weighted by atomic mass is 10.1. The molecule has 0 unspecified atom stereocenters. The van der Waals surface area contributed by atoms with Crippen LogP contribution in [0.4, 0.5) is 13.9 Å². The summed E-state index contributed by atoms with van der Waals surface area (Å²) in [4.78, 5) is 23.1. The van der Waals surface area contributed by atoms with Crippen molar-refractivity contribution in [1.29, 1.82) is 0 Å². The SMILES string of the molecule is O=C(Cc1ccccc1Cl)N(Cc1ccccn1)c1nc2c(F)cc(F)cc2s1. The van der Waals surface area contributed by atoms with Gasteiger partial charge in [0.05, 0.1) is 23.4 Å². The summed E-state index contributed by atoms with van der Waals surface area (Å²) in [7, 11) is 0. The van der Waals surface area contributed by atoms with E-state index in [1.807, 2.05) is 6.07 Å². The largest absolute Gasteiger partial charge is 0.282 e. The molecule has 4 aromatic rings. The van der Waals surface area contributed by atoms with E-state index in [2.05, 4.69) is 9.97 Å². The number of halogens is 3.